The molecule has 1 aliphatic rings. The van der Waals surface area contributed by atoms with Gasteiger partial charge in [-0.25, -0.2) is 9.38 Å². The van der Waals surface area contributed by atoms with Crippen molar-refractivity contribution in [2.24, 2.45) is 0 Å². The Bertz CT molecular complexity index is 970. The lowest BCUT2D eigenvalue weighted by molar-refractivity contribution is 0.0369. The zero-order chi connectivity index (χ0) is 17.4. The van der Waals surface area contributed by atoms with E-state index in [0.29, 0.717) is 17.9 Å². The highest BCUT2D eigenvalue weighted by molar-refractivity contribution is 5.79. The minimum atomic E-state index is -0.217. The van der Waals surface area contributed by atoms with Gasteiger partial charge in [-0.05, 0) is 25.5 Å². The van der Waals surface area contributed by atoms with Gasteiger partial charge in [-0.1, -0.05) is 12.1 Å². The third-order valence-corrected chi connectivity index (χ3v) is 4.86. The van der Waals surface area contributed by atoms with Crippen molar-refractivity contribution in [1.29, 1.82) is 0 Å². The van der Waals surface area contributed by atoms with Crippen molar-refractivity contribution in [2.75, 3.05) is 32.8 Å². The average Bonchev–Trinajstić information content (AvgIpc) is 3.03. The number of benzene rings is 1. The number of morpholine rings is 1. The Labute approximate surface area is 145 Å². The number of fused-ring (bicyclic) bond motifs is 3. The molecular weight excluding hydrogens is 320 g/mol. The van der Waals surface area contributed by atoms with Crippen LogP contribution in [0.25, 0.3) is 16.8 Å². The smallest absolute Gasteiger partial charge is 0.266 e. The molecular formula is C18H22N4O3. The number of rotatable bonds is 4. The quantitative estimate of drug-likeness (QED) is 0.776. The average molecular weight is 342 g/mol. The van der Waals surface area contributed by atoms with E-state index in [4.69, 9.17) is 4.74 Å². The first-order chi connectivity index (χ1) is 12.2. The van der Waals surface area contributed by atoms with E-state index in [1.54, 1.807) is 15.9 Å². The van der Waals surface area contributed by atoms with Gasteiger partial charge >= 0.3 is 0 Å². The number of para-hydroxylation sites is 2. The third-order valence-electron chi connectivity index (χ3n) is 4.86. The van der Waals surface area contributed by atoms with Crippen LogP contribution >= 0.6 is 0 Å². The fourth-order valence-corrected chi connectivity index (χ4v) is 3.44. The van der Waals surface area contributed by atoms with Crippen LogP contribution in [0, 0.1) is 6.92 Å². The summed E-state index contributed by atoms with van der Waals surface area (Å²) < 4.78 is 8.71. The van der Waals surface area contributed by atoms with Crippen LogP contribution in [0.5, 0.6) is 5.88 Å². The Kier molecular flexibility index (Phi) is 4.19. The summed E-state index contributed by atoms with van der Waals surface area (Å²) in [6.07, 6.45) is 0.870. The van der Waals surface area contributed by atoms with Gasteiger partial charge in [0.05, 0.1) is 29.8 Å². The molecule has 25 heavy (non-hydrogen) atoms. The van der Waals surface area contributed by atoms with E-state index in [0.717, 1.165) is 50.3 Å². The topological polar surface area (TPSA) is 72.0 Å². The molecule has 1 aromatic carbocycles. The van der Waals surface area contributed by atoms with E-state index in [2.05, 4.69) is 9.88 Å². The summed E-state index contributed by atoms with van der Waals surface area (Å²) in [7, 11) is 0. The lowest BCUT2D eigenvalue weighted by Crippen LogP contribution is -2.37. The summed E-state index contributed by atoms with van der Waals surface area (Å²) in [5.41, 5.74) is 1.66. The molecule has 1 saturated heterocycles. The van der Waals surface area contributed by atoms with Crippen LogP contribution in [0.4, 0.5) is 0 Å². The molecule has 1 fully saturated rings. The van der Waals surface area contributed by atoms with Crippen LogP contribution in [0.2, 0.25) is 0 Å². The van der Waals surface area contributed by atoms with Gasteiger partial charge in [0.25, 0.3) is 5.56 Å². The molecule has 4 rings (SSSR count). The summed E-state index contributed by atoms with van der Waals surface area (Å²) in [4.78, 5) is 19.6. The zero-order valence-corrected chi connectivity index (χ0v) is 14.3. The summed E-state index contributed by atoms with van der Waals surface area (Å²) in [5.74, 6) is 0.506. The number of aromatic nitrogens is 3. The molecule has 0 atom stereocenters. The first-order valence-electron chi connectivity index (χ1n) is 8.66. The highest BCUT2D eigenvalue weighted by atomic mass is 16.5. The number of ether oxygens (including phenoxy) is 1. The first-order valence-corrected chi connectivity index (χ1v) is 8.66. The summed E-state index contributed by atoms with van der Waals surface area (Å²) in [5, 5.41) is 10.5. The fraction of sp³-hybridized carbons (Fsp3) is 0.444. The van der Waals surface area contributed by atoms with Crippen LogP contribution in [-0.4, -0.2) is 56.8 Å². The Hall–Kier alpha value is -2.38. The number of imidazole rings is 1. The van der Waals surface area contributed by atoms with Crippen LogP contribution < -0.4 is 5.56 Å². The molecule has 0 spiro atoms. The summed E-state index contributed by atoms with van der Waals surface area (Å²) in [6, 6.07) is 7.55. The first kappa shape index (κ1) is 16.1. The molecule has 0 unspecified atom stereocenters. The van der Waals surface area contributed by atoms with Crippen LogP contribution in [0.1, 0.15) is 12.0 Å². The summed E-state index contributed by atoms with van der Waals surface area (Å²) in [6.45, 7) is 6.63. The Morgan fingerprint density at radius 2 is 1.96 bits per heavy atom. The second kappa shape index (κ2) is 6.50. The number of hydrogen-bond acceptors (Lipinski definition) is 5. The van der Waals surface area contributed by atoms with E-state index in [-0.39, 0.29) is 11.4 Å². The Morgan fingerprint density at radius 1 is 1.20 bits per heavy atom. The van der Waals surface area contributed by atoms with Crippen molar-refractivity contribution >= 4 is 16.8 Å². The molecule has 132 valence electrons. The van der Waals surface area contributed by atoms with Crippen molar-refractivity contribution in [2.45, 2.75) is 19.9 Å². The second-order valence-electron chi connectivity index (χ2n) is 6.45. The monoisotopic (exact) mass is 342 g/mol. The molecule has 1 N–H and O–H groups in total. The predicted octanol–water partition coefficient (Wildman–Crippen LogP) is 1.39. The van der Waals surface area contributed by atoms with Gasteiger partial charge < -0.3 is 9.84 Å². The van der Waals surface area contributed by atoms with Crippen molar-refractivity contribution in [3.05, 3.63) is 40.2 Å². The molecule has 0 amide bonds. The Morgan fingerprint density at radius 3 is 2.76 bits per heavy atom. The van der Waals surface area contributed by atoms with E-state index < -0.39 is 0 Å². The lowest BCUT2D eigenvalue weighted by Gasteiger charge is -2.26. The predicted molar refractivity (Wildman–Crippen MR) is 95.2 cm³/mol. The minimum Gasteiger partial charge on any atom is -0.494 e. The largest absolute Gasteiger partial charge is 0.494 e. The molecule has 0 aliphatic carbocycles. The molecule has 3 aromatic rings. The third kappa shape index (κ3) is 2.79. The van der Waals surface area contributed by atoms with Crippen molar-refractivity contribution in [3.63, 3.8) is 0 Å². The van der Waals surface area contributed by atoms with E-state index in [9.17, 15) is 9.90 Å². The molecule has 0 radical (unpaired) electrons. The maximum Gasteiger partial charge on any atom is 0.266 e. The molecule has 0 saturated carbocycles. The molecule has 7 nitrogen and oxygen atoms in total. The Balaban J connectivity index is 1.71. The molecule has 0 bridgehead atoms. The van der Waals surface area contributed by atoms with Gasteiger partial charge in [-0.3, -0.25) is 14.3 Å². The lowest BCUT2D eigenvalue weighted by atomic mass is 10.3. The van der Waals surface area contributed by atoms with Crippen LogP contribution in [0.15, 0.2) is 29.1 Å². The van der Waals surface area contributed by atoms with Gasteiger partial charge in [-0.2, -0.15) is 0 Å². The van der Waals surface area contributed by atoms with Crippen molar-refractivity contribution in [3.8, 4) is 5.88 Å². The van der Waals surface area contributed by atoms with E-state index in [1.165, 1.54) is 0 Å². The maximum absolute atomic E-state index is 12.6. The molecule has 1 aliphatic heterocycles. The highest BCUT2D eigenvalue weighted by Crippen LogP contribution is 2.21. The van der Waals surface area contributed by atoms with Gasteiger partial charge in [0.1, 0.15) is 0 Å². The van der Waals surface area contributed by atoms with Crippen LogP contribution in [-0.2, 0) is 11.3 Å². The van der Waals surface area contributed by atoms with Crippen molar-refractivity contribution < 1.29 is 9.84 Å². The minimum absolute atomic E-state index is 0.00906. The van der Waals surface area contributed by atoms with Crippen LogP contribution in [0.3, 0.4) is 0 Å². The molecule has 7 heteroatoms. The zero-order valence-electron chi connectivity index (χ0n) is 14.3. The van der Waals surface area contributed by atoms with E-state index >= 15 is 0 Å². The number of aryl methyl sites for hydroxylation is 1. The normalized spacial score (nSPS) is 16.0. The van der Waals surface area contributed by atoms with Gasteiger partial charge in [0, 0.05) is 26.2 Å². The van der Waals surface area contributed by atoms with Gasteiger partial charge in [-0.15, -0.1) is 0 Å². The van der Waals surface area contributed by atoms with E-state index in [1.807, 2.05) is 24.3 Å². The second-order valence-corrected chi connectivity index (χ2v) is 6.45. The van der Waals surface area contributed by atoms with Gasteiger partial charge in [0.2, 0.25) is 11.7 Å². The number of hydrogen-bond donors (Lipinski definition) is 1. The number of aromatic hydroxyl groups is 1. The maximum atomic E-state index is 12.6. The number of nitrogens with zero attached hydrogens (tertiary/aromatic N) is 4. The highest BCUT2D eigenvalue weighted by Gasteiger charge is 2.18. The molecule has 3 heterocycles. The van der Waals surface area contributed by atoms with Gasteiger partial charge in [0.15, 0.2) is 0 Å². The SMILES string of the molecule is Cc1c(O)n(CCCN2CCOCC2)c2nc3ccccc3n2c1=O. The standard InChI is InChI=1S/C18H22N4O3/c1-13-16(23)21(8-4-7-20-9-11-25-12-10-20)18-19-14-5-2-3-6-15(14)22(18)17(13)24/h2-3,5-6,23H,4,7-12H2,1H3. The fourth-order valence-electron chi connectivity index (χ4n) is 3.44. The summed E-state index contributed by atoms with van der Waals surface area (Å²) >= 11 is 0. The van der Waals surface area contributed by atoms with Crippen molar-refractivity contribution in [1.82, 2.24) is 18.9 Å². The molecule has 2 aromatic heterocycles.